The quantitative estimate of drug-likeness (QED) is 0.897. The lowest BCUT2D eigenvalue weighted by Gasteiger charge is -2.09. The van der Waals surface area contributed by atoms with Gasteiger partial charge in [-0.2, -0.15) is 0 Å². The minimum Gasteiger partial charge on any atom is -0.326 e. The Morgan fingerprint density at radius 1 is 1.28 bits per heavy atom. The van der Waals surface area contributed by atoms with E-state index in [0.29, 0.717) is 11.1 Å². The zero-order valence-corrected chi connectivity index (χ0v) is 10.2. The highest BCUT2D eigenvalue weighted by Gasteiger charge is 2.07. The summed E-state index contributed by atoms with van der Waals surface area (Å²) in [4.78, 5) is 11.7. The van der Waals surface area contributed by atoms with Gasteiger partial charge in [0.1, 0.15) is 5.82 Å². The van der Waals surface area contributed by atoms with E-state index in [0.717, 1.165) is 5.56 Å². The number of halogens is 1. The van der Waals surface area contributed by atoms with Gasteiger partial charge in [-0.1, -0.05) is 18.2 Å². The molecule has 0 amide bonds. The van der Waals surface area contributed by atoms with Gasteiger partial charge in [0.25, 0.3) is 5.56 Å². The summed E-state index contributed by atoms with van der Waals surface area (Å²) >= 11 is 0. The lowest BCUT2D eigenvalue weighted by molar-refractivity contribution is 0.581. The Labute approximate surface area is 105 Å². The van der Waals surface area contributed by atoms with Crippen LogP contribution in [0.5, 0.6) is 0 Å². The van der Waals surface area contributed by atoms with Crippen LogP contribution in [0.3, 0.4) is 0 Å². The SMILES string of the molecule is Cc1ccn(Cc2cccc(CN)c2F)c(=O)c1. The molecule has 2 N–H and O–H groups in total. The number of aromatic nitrogens is 1. The van der Waals surface area contributed by atoms with E-state index >= 15 is 0 Å². The molecule has 2 rings (SSSR count). The predicted molar refractivity (Wildman–Crippen MR) is 68.8 cm³/mol. The van der Waals surface area contributed by atoms with Gasteiger partial charge < -0.3 is 10.3 Å². The van der Waals surface area contributed by atoms with E-state index in [9.17, 15) is 9.18 Å². The molecule has 0 aliphatic heterocycles. The van der Waals surface area contributed by atoms with Gasteiger partial charge in [0.2, 0.25) is 0 Å². The molecular formula is C14H15FN2O. The van der Waals surface area contributed by atoms with Crippen LogP contribution in [0.2, 0.25) is 0 Å². The fourth-order valence-corrected chi connectivity index (χ4v) is 1.83. The first-order valence-corrected chi connectivity index (χ1v) is 5.75. The first kappa shape index (κ1) is 12.5. The largest absolute Gasteiger partial charge is 0.326 e. The summed E-state index contributed by atoms with van der Waals surface area (Å²) in [6.45, 7) is 2.22. The third-order valence-electron chi connectivity index (χ3n) is 2.87. The molecule has 3 nitrogen and oxygen atoms in total. The second-order valence-corrected chi connectivity index (χ2v) is 4.26. The Hall–Kier alpha value is -1.94. The van der Waals surface area contributed by atoms with Crippen LogP contribution >= 0.6 is 0 Å². The van der Waals surface area contributed by atoms with Crippen LogP contribution < -0.4 is 11.3 Å². The molecule has 0 saturated carbocycles. The topological polar surface area (TPSA) is 48.0 Å². The van der Waals surface area contributed by atoms with Crippen molar-refractivity contribution in [3.8, 4) is 0 Å². The van der Waals surface area contributed by atoms with Crippen molar-refractivity contribution >= 4 is 0 Å². The van der Waals surface area contributed by atoms with E-state index in [1.807, 2.05) is 13.0 Å². The average Bonchev–Trinajstić information content (AvgIpc) is 2.35. The first-order valence-electron chi connectivity index (χ1n) is 5.75. The van der Waals surface area contributed by atoms with Gasteiger partial charge in [0.15, 0.2) is 0 Å². The number of hydrogen-bond donors (Lipinski definition) is 1. The molecule has 0 aliphatic carbocycles. The second-order valence-electron chi connectivity index (χ2n) is 4.26. The van der Waals surface area contributed by atoms with Crippen LogP contribution in [0.15, 0.2) is 41.3 Å². The van der Waals surface area contributed by atoms with Gasteiger partial charge in [-0.25, -0.2) is 4.39 Å². The summed E-state index contributed by atoms with van der Waals surface area (Å²) in [7, 11) is 0. The van der Waals surface area contributed by atoms with E-state index < -0.39 is 0 Å². The minimum atomic E-state index is -0.326. The van der Waals surface area contributed by atoms with Gasteiger partial charge in [0, 0.05) is 29.9 Å². The van der Waals surface area contributed by atoms with Gasteiger partial charge in [-0.3, -0.25) is 4.79 Å². The molecule has 94 valence electrons. The maximum atomic E-state index is 14.0. The van der Waals surface area contributed by atoms with Crippen LogP contribution in [-0.2, 0) is 13.1 Å². The monoisotopic (exact) mass is 246 g/mol. The van der Waals surface area contributed by atoms with Crippen molar-refractivity contribution < 1.29 is 4.39 Å². The molecule has 0 unspecified atom stereocenters. The third kappa shape index (κ3) is 2.49. The Morgan fingerprint density at radius 2 is 2.00 bits per heavy atom. The summed E-state index contributed by atoms with van der Waals surface area (Å²) in [5, 5.41) is 0. The van der Waals surface area contributed by atoms with Crippen LogP contribution in [-0.4, -0.2) is 4.57 Å². The van der Waals surface area contributed by atoms with E-state index in [1.54, 1.807) is 24.4 Å². The van der Waals surface area contributed by atoms with Crippen molar-refractivity contribution in [2.75, 3.05) is 0 Å². The maximum absolute atomic E-state index is 14.0. The Balaban J connectivity index is 2.37. The molecule has 0 bridgehead atoms. The summed E-state index contributed by atoms with van der Waals surface area (Å²) in [6, 6.07) is 8.42. The van der Waals surface area contributed by atoms with Gasteiger partial charge >= 0.3 is 0 Å². The molecule has 0 saturated heterocycles. The predicted octanol–water partition coefficient (Wildman–Crippen LogP) is 1.80. The number of hydrogen-bond acceptors (Lipinski definition) is 2. The molecule has 0 aliphatic rings. The highest BCUT2D eigenvalue weighted by molar-refractivity contribution is 5.26. The lowest BCUT2D eigenvalue weighted by Crippen LogP contribution is -2.20. The molecule has 1 aromatic carbocycles. The van der Waals surface area contributed by atoms with Crippen molar-refractivity contribution in [2.45, 2.75) is 20.0 Å². The molecule has 0 spiro atoms. The van der Waals surface area contributed by atoms with Crippen molar-refractivity contribution in [1.82, 2.24) is 4.57 Å². The van der Waals surface area contributed by atoms with E-state index in [1.165, 1.54) is 10.6 Å². The zero-order valence-electron chi connectivity index (χ0n) is 10.2. The molecule has 4 heteroatoms. The smallest absolute Gasteiger partial charge is 0.251 e. The highest BCUT2D eigenvalue weighted by atomic mass is 19.1. The highest BCUT2D eigenvalue weighted by Crippen LogP contribution is 2.13. The molecule has 0 fully saturated rings. The molecule has 18 heavy (non-hydrogen) atoms. The fourth-order valence-electron chi connectivity index (χ4n) is 1.83. The summed E-state index contributed by atoms with van der Waals surface area (Å²) < 4.78 is 15.5. The van der Waals surface area contributed by atoms with Crippen molar-refractivity contribution in [1.29, 1.82) is 0 Å². The Morgan fingerprint density at radius 3 is 2.67 bits per heavy atom. The molecule has 0 radical (unpaired) electrons. The van der Waals surface area contributed by atoms with Gasteiger partial charge in [-0.15, -0.1) is 0 Å². The number of nitrogens with zero attached hydrogens (tertiary/aromatic N) is 1. The summed E-state index contributed by atoms with van der Waals surface area (Å²) in [5.41, 5.74) is 7.16. The van der Waals surface area contributed by atoms with E-state index in [4.69, 9.17) is 5.73 Å². The number of nitrogens with two attached hydrogens (primary N) is 1. The number of pyridine rings is 1. The normalized spacial score (nSPS) is 10.6. The summed E-state index contributed by atoms with van der Waals surface area (Å²) in [6.07, 6.45) is 1.67. The van der Waals surface area contributed by atoms with Crippen LogP contribution in [0.1, 0.15) is 16.7 Å². The van der Waals surface area contributed by atoms with Gasteiger partial charge in [0.05, 0.1) is 6.54 Å². The fraction of sp³-hybridized carbons (Fsp3) is 0.214. The molecule has 1 heterocycles. The molecule has 0 atom stereocenters. The average molecular weight is 246 g/mol. The zero-order chi connectivity index (χ0) is 13.1. The Bertz CT molecular complexity index is 619. The molecule has 1 aromatic heterocycles. The van der Waals surface area contributed by atoms with Crippen LogP contribution in [0.4, 0.5) is 4.39 Å². The van der Waals surface area contributed by atoms with E-state index in [-0.39, 0.29) is 24.5 Å². The van der Waals surface area contributed by atoms with Crippen molar-refractivity contribution in [2.24, 2.45) is 5.73 Å². The molecule has 2 aromatic rings. The Kier molecular flexibility index (Phi) is 3.58. The van der Waals surface area contributed by atoms with Crippen molar-refractivity contribution in [3.63, 3.8) is 0 Å². The lowest BCUT2D eigenvalue weighted by atomic mass is 10.1. The maximum Gasteiger partial charge on any atom is 0.251 e. The number of benzene rings is 1. The second kappa shape index (κ2) is 5.14. The molecular weight excluding hydrogens is 231 g/mol. The standard InChI is InChI=1S/C14H15FN2O/c1-10-5-6-17(13(18)7-10)9-12-4-2-3-11(8-16)14(12)15/h2-7H,8-9,16H2,1H3. The van der Waals surface area contributed by atoms with E-state index in [2.05, 4.69) is 0 Å². The van der Waals surface area contributed by atoms with Crippen LogP contribution in [0.25, 0.3) is 0 Å². The van der Waals surface area contributed by atoms with Crippen LogP contribution in [0, 0.1) is 12.7 Å². The van der Waals surface area contributed by atoms with Gasteiger partial charge in [-0.05, 0) is 18.6 Å². The minimum absolute atomic E-state index is 0.132. The van der Waals surface area contributed by atoms with Crippen molar-refractivity contribution in [3.05, 3.63) is 69.4 Å². The third-order valence-corrected chi connectivity index (χ3v) is 2.87. The first-order chi connectivity index (χ1) is 8.61. The number of aryl methyl sites for hydroxylation is 1. The summed E-state index contributed by atoms with van der Waals surface area (Å²) in [5.74, 6) is -0.326. The number of rotatable bonds is 3.